The fourth-order valence-electron chi connectivity index (χ4n) is 2.36. The van der Waals surface area contributed by atoms with Crippen LogP contribution in [0.25, 0.3) is 6.08 Å². The van der Waals surface area contributed by atoms with Crippen molar-refractivity contribution in [3.63, 3.8) is 0 Å². The molecule has 1 aromatic heterocycles. The van der Waals surface area contributed by atoms with Crippen LogP contribution in [-0.4, -0.2) is 68.4 Å². The van der Waals surface area contributed by atoms with Crippen LogP contribution in [0.15, 0.2) is 21.9 Å². The molecule has 1 amide bonds. The highest BCUT2D eigenvalue weighted by atomic mass is 19.4. The summed E-state index contributed by atoms with van der Waals surface area (Å²) in [6, 6.07) is 0. The number of hydrogen-bond donors (Lipinski definition) is 5. The number of H-pyrrole nitrogens is 1. The molecule has 0 bridgehead atoms. The fraction of sp³-hybridized carbons (Fsp3) is 0.500. The number of nitrogens with one attached hydrogen (secondary N) is 2. The summed E-state index contributed by atoms with van der Waals surface area (Å²) >= 11 is 0. The molecule has 2 rings (SSSR count). The molecule has 1 aliphatic rings. The number of carbonyl (C=O) groups excluding carboxylic acids is 1. The van der Waals surface area contributed by atoms with E-state index >= 15 is 0 Å². The normalized spacial score (nSPS) is 25.9. The number of carbonyl (C=O) groups is 1. The number of amides is 1. The van der Waals surface area contributed by atoms with Gasteiger partial charge in [-0.15, -0.1) is 0 Å². The van der Waals surface area contributed by atoms with Crippen LogP contribution < -0.4 is 16.6 Å². The minimum atomic E-state index is -5.04. The van der Waals surface area contributed by atoms with Crippen molar-refractivity contribution in [3.8, 4) is 0 Å². The Morgan fingerprint density at radius 2 is 2.00 bits per heavy atom. The molecule has 1 unspecified atom stereocenters. The number of rotatable bonds is 5. The average Bonchev–Trinajstić information content (AvgIpc) is 2.87. The Morgan fingerprint density at radius 3 is 2.56 bits per heavy atom. The lowest BCUT2D eigenvalue weighted by Crippen LogP contribution is -2.38. The van der Waals surface area contributed by atoms with Crippen molar-refractivity contribution < 1.29 is 38.0 Å². The largest absolute Gasteiger partial charge is 0.471 e. The Hall–Kier alpha value is -2.48. The number of ether oxygens (including phenoxy) is 1. The van der Waals surface area contributed by atoms with Crippen LogP contribution in [0, 0.1) is 0 Å². The van der Waals surface area contributed by atoms with E-state index in [2.05, 4.69) is 0 Å². The zero-order valence-electron chi connectivity index (χ0n) is 13.5. The van der Waals surface area contributed by atoms with Crippen molar-refractivity contribution in [2.75, 3.05) is 13.2 Å². The standard InChI is InChI=1S/C14H16F3N3O7/c15-14(16,17)12(25)18-3-1-2-6-4-20(13(26)19-10(6)24)11-9(23)8(22)7(5-21)27-11/h1-2,4,7-9,11,21-23H,3,5H2,(H,18,25)(H,19,24,26)/b2-1+/t7-,8+,9?,11-/m1/s1. The van der Waals surface area contributed by atoms with E-state index in [1.165, 1.54) is 0 Å². The highest BCUT2D eigenvalue weighted by Gasteiger charge is 2.43. The summed E-state index contributed by atoms with van der Waals surface area (Å²) in [7, 11) is 0. The molecular formula is C14H16F3N3O7. The number of halogens is 3. The predicted octanol–water partition coefficient (Wildman–Crippen LogP) is -2.16. The van der Waals surface area contributed by atoms with Crippen molar-refractivity contribution in [2.24, 2.45) is 0 Å². The summed E-state index contributed by atoms with van der Waals surface area (Å²) in [5, 5.41) is 30.3. The van der Waals surface area contributed by atoms with Gasteiger partial charge in [0, 0.05) is 12.7 Å². The third-order valence-corrected chi connectivity index (χ3v) is 3.72. The van der Waals surface area contributed by atoms with Crippen molar-refractivity contribution >= 4 is 12.0 Å². The lowest BCUT2D eigenvalue weighted by molar-refractivity contribution is -0.173. The van der Waals surface area contributed by atoms with E-state index in [0.29, 0.717) is 0 Å². The first-order valence-electron chi connectivity index (χ1n) is 7.55. The maximum atomic E-state index is 12.1. The molecule has 0 saturated carbocycles. The van der Waals surface area contributed by atoms with E-state index in [0.717, 1.165) is 22.9 Å². The number of hydrogen-bond acceptors (Lipinski definition) is 7. The Morgan fingerprint density at radius 1 is 1.33 bits per heavy atom. The Labute approximate surface area is 148 Å². The van der Waals surface area contributed by atoms with Gasteiger partial charge in [-0.25, -0.2) is 4.79 Å². The highest BCUT2D eigenvalue weighted by Crippen LogP contribution is 2.28. The number of aromatic nitrogens is 2. The summed E-state index contributed by atoms with van der Waals surface area (Å²) in [5.74, 6) is -2.16. The number of aliphatic hydroxyl groups excluding tert-OH is 3. The van der Waals surface area contributed by atoms with Gasteiger partial charge in [0.2, 0.25) is 0 Å². The molecule has 27 heavy (non-hydrogen) atoms. The molecular weight excluding hydrogens is 379 g/mol. The van der Waals surface area contributed by atoms with E-state index in [1.807, 2.05) is 4.98 Å². The van der Waals surface area contributed by atoms with E-state index in [1.54, 1.807) is 5.32 Å². The third kappa shape index (κ3) is 4.63. The van der Waals surface area contributed by atoms with Crippen LogP contribution in [0.4, 0.5) is 13.2 Å². The van der Waals surface area contributed by atoms with Crippen molar-refractivity contribution in [3.05, 3.63) is 38.7 Å². The van der Waals surface area contributed by atoms with Crippen LogP contribution in [0.2, 0.25) is 0 Å². The number of alkyl halides is 3. The van der Waals surface area contributed by atoms with Gasteiger partial charge in [-0.1, -0.05) is 12.2 Å². The number of aromatic amines is 1. The van der Waals surface area contributed by atoms with E-state index in [-0.39, 0.29) is 5.56 Å². The Balaban J connectivity index is 2.19. The monoisotopic (exact) mass is 395 g/mol. The van der Waals surface area contributed by atoms with Gasteiger partial charge in [0.15, 0.2) is 6.23 Å². The van der Waals surface area contributed by atoms with Gasteiger partial charge in [0.1, 0.15) is 18.3 Å². The number of aliphatic hydroxyl groups is 3. The van der Waals surface area contributed by atoms with Crippen LogP contribution >= 0.6 is 0 Å². The molecule has 5 N–H and O–H groups in total. The second-order valence-corrected chi connectivity index (χ2v) is 5.59. The lowest BCUT2D eigenvalue weighted by Gasteiger charge is -2.17. The summed E-state index contributed by atoms with van der Waals surface area (Å²) in [5.41, 5.74) is -2.03. The van der Waals surface area contributed by atoms with E-state index in [9.17, 15) is 37.8 Å². The predicted molar refractivity (Wildman–Crippen MR) is 82.4 cm³/mol. The van der Waals surface area contributed by atoms with Gasteiger partial charge < -0.3 is 25.4 Å². The highest BCUT2D eigenvalue weighted by molar-refractivity contribution is 5.81. The third-order valence-electron chi connectivity index (χ3n) is 3.72. The summed E-state index contributed by atoms with van der Waals surface area (Å²) in [6.07, 6.45) is -7.60. The summed E-state index contributed by atoms with van der Waals surface area (Å²) in [6.45, 7) is -1.16. The van der Waals surface area contributed by atoms with Crippen molar-refractivity contribution in [2.45, 2.75) is 30.7 Å². The summed E-state index contributed by atoms with van der Waals surface area (Å²) < 4.78 is 42.1. The molecule has 1 aliphatic heterocycles. The maximum absolute atomic E-state index is 12.1. The topological polar surface area (TPSA) is 154 Å². The van der Waals surface area contributed by atoms with Gasteiger partial charge in [-0.2, -0.15) is 13.2 Å². The molecule has 1 saturated heterocycles. The molecule has 2 heterocycles. The second kappa shape index (κ2) is 8.04. The molecule has 13 heteroatoms. The Bertz CT molecular complexity index is 832. The molecule has 1 fully saturated rings. The first kappa shape index (κ1) is 20.8. The molecule has 4 atom stereocenters. The second-order valence-electron chi connectivity index (χ2n) is 5.59. The van der Waals surface area contributed by atoms with Crippen molar-refractivity contribution in [1.29, 1.82) is 0 Å². The van der Waals surface area contributed by atoms with Crippen LogP contribution in [0.5, 0.6) is 0 Å². The van der Waals surface area contributed by atoms with Crippen LogP contribution in [0.3, 0.4) is 0 Å². The van der Waals surface area contributed by atoms with Gasteiger partial charge in [0.25, 0.3) is 5.56 Å². The quantitative estimate of drug-likeness (QED) is 0.381. The van der Waals surface area contributed by atoms with Crippen LogP contribution in [-0.2, 0) is 9.53 Å². The molecule has 0 aromatic carbocycles. The van der Waals surface area contributed by atoms with Gasteiger partial charge in [0.05, 0.1) is 12.2 Å². The van der Waals surface area contributed by atoms with E-state index in [4.69, 9.17) is 9.84 Å². The molecule has 0 radical (unpaired) electrons. The maximum Gasteiger partial charge on any atom is 0.471 e. The molecule has 1 aromatic rings. The first-order chi connectivity index (χ1) is 12.6. The summed E-state index contributed by atoms with van der Waals surface area (Å²) in [4.78, 5) is 36.3. The van der Waals surface area contributed by atoms with Gasteiger partial charge >= 0.3 is 17.8 Å². The minimum Gasteiger partial charge on any atom is -0.394 e. The minimum absolute atomic E-state index is 0.186. The van der Waals surface area contributed by atoms with Crippen LogP contribution in [0.1, 0.15) is 11.8 Å². The SMILES string of the molecule is O=C(NC/C=C/c1cn([C@@H]2O[C@H](CO)[C@H](O)C2O)c(=O)[nH]c1=O)C(F)(F)F. The smallest absolute Gasteiger partial charge is 0.394 e. The van der Waals surface area contributed by atoms with Gasteiger partial charge in [-0.3, -0.25) is 19.1 Å². The first-order valence-corrected chi connectivity index (χ1v) is 7.55. The zero-order chi connectivity index (χ0) is 20.4. The lowest BCUT2D eigenvalue weighted by atomic mass is 10.1. The Kier molecular flexibility index (Phi) is 6.20. The molecule has 150 valence electrons. The number of nitrogens with zero attached hydrogens (tertiary/aromatic N) is 1. The molecule has 10 nitrogen and oxygen atoms in total. The fourth-order valence-corrected chi connectivity index (χ4v) is 2.36. The molecule has 0 spiro atoms. The van der Waals surface area contributed by atoms with Crippen molar-refractivity contribution in [1.82, 2.24) is 14.9 Å². The zero-order valence-corrected chi connectivity index (χ0v) is 13.5. The average molecular weight is 395 g/mol. The molecule has 0 aliphatic carbocycles. The van der Waals surface area contributed by atoms with E-state index < -0.39 is 61.0 Å². The van der Waals surface area contributed by atoms with Gasteiger partial charge in [-0.05, 0) is 0 Å².